The Morgan fingerprint density at radius 3 is 2.62 bits per heavy atom. The summed E-state index contributed by atoms with van der Waals surface area (Å²) in [6.45, 7) is 0.801. The Bertz CT molecular complexity index is 843. The summed E-state index contributed by atoms with van der Waals surface area (Å²) < 4.78 is 1.62. The van der Waals surface area contributed by atoms with Crippen LogP contribution in [0.4, 0.5) is 0 Å². The third kappa shape index (κ3) is 2.55. The maximum atomic E-state index is 12.6. The van der Waals surface area contributed by atoms with Gasteiger partial charge in [-0.05, 0) is 18.2 Å². The summed E-state index contributed by atoms with van der Waals surface area (Å²) in [6.07, 6.45) is 0. The van der Waals surface area contributed by atoms with E-state index < -0.39 is 0 Å². The predicted molar refractivity (Wildman–Crippen MR) is 85.5 cm³/mol. The predicted octanol–water partition coefficient (Wildman–Crippen LogP) is 2.68. The van der Waals surface area contributed by atoms with Gasteiger partial charge in [-0.2, -0.15) is 0 Å². The fraction of sp³-hybridized carbons (Fsp3) is 0.125. The highest BCUT2D eigenvalue weighted by molar-refractivity contribution is 6.31. The monoisotopic (exact) mass is 299 g/mol. The molecule has 2 N–H and O–H groups in total. The second-order valence-electron chi connectivity index (χ2n) is 4.71. The molecule has 0 spiro atoms. The number of nitrogens with two attached hydrogens (primary N) is 1. The second-order valence-corrected chi connectivity index (χ2v) is 5.14. The average molecular weight is 300 g/mol. The third-order valence-corrected chi connectivity index (χ3v) is 3.54. The van der Waals surface area contributed by atoms with E-state index in [4.69, 9.17) is 17.3 Å². The molecule has 0 fully saturated rings. The minimum atomic E-state index is -0.0963. The summed E-state index contributed by atoms with van der Waals surface area (Å²) in [5.74, 6) is 0.612. The third-order valence-electron chi connectivity index (χ3n) is 3.30. The van der Waals surface area contributed by atoms with E-state index >= 15 is 0 Å². The van der Waals surface area contributed by atoms with Crippen LogP contribution in [0.15, 0.2) is 53.3 Å². The van der Waals surface area contributed by atoms with Crippen molar-refractivity contribution in [2.75, 3.05) is 6.54 Å². The normalized spacial score (nSPS) is 11.0. The van der Waals surface area contributed by atoms with E-state index in [0.29, 0.717) is 34.8 Å². The topological polar surface area (TPSA) is 60.9 Å². The molecule has 0 amide bonds. The molecule has 4 nitrogen and oxygen atoms in total. The molecule has 5 heteroatoms. The van der Waals surface area contributed by atoms with Crippen molar-refractivity contribution in [1.82, 2.24) is 9.55 Å². The lowest BCUT2D eigenvalue weighted by Crippen LogP contribution is -2.26. The van der Waals surface area contributed by atoms with Crippen LogP contribution >= 0.6 is 11.6 Å². The lowest BCUT2D eigenvalue weighted by Gasteiger charge is -2.13. The van der Waals surface area contributed by atoms with Crippen LogP contribution in [-0.4, -0.2) is 16.1 Å². The minimum absolute atomic E-state index is 0.0963. The van der Waals surface area contributed by atoms with Gasteiger partial charge in [0, 0.05) is 23.7 Å². The Kier molecular flexibility index (Phi) is 3.73. The zero-order valence-electron chi connectivity index (χ0n) is 11.3. The van der Waals surface area contributed by atoms with Gasteiger partial charge in [0.05, 0.1) is 10.9 Å². The van der Waals surface area contributed by atoms with Crippen molar-refractivity contribution in [3.63, 3.8) is 0 Å². The molecule has 0 aliphatic rings. The SMILES string of the molecule is NCCn1c(-c2ccccc2)nc2cc(Cl)ccc2c1=O. The van der Waals surface area contributed by atoms with Gasteiger partial charge in [0.2, 0.25) is 0 Å². The Morgan fingerprint density at radius 1 is 1.14 bits per heavy atom. The number of hydrogen-bond acceptors (Lipinski definition) is 3. The lowest BCUT2D eigenvalue weighted by atomic mass is 10.2. The van der Waals surface area contributed by atoms with Crippen LogP contribution < -0.4 is 11.3 Å². The molecule has 0 saturated carbocycles. The van der Waals surface area contributed by atoms with Gasteiger partial charge in [-0.25, -0.2) is 4.98 Å². The fourth-order valence-corrected chi connectivity index (χ4v) is 2.50. The van der Waals surface area contributed by atoms with E-state index in [2.05, 4.69) is 4.98 Å². The Balaban J connectivity index is 2.36. The van der Waals surface area contributed by atoms with Gasteiger partial charge in [0.15, 0.2) is 0 Å². The van der Waals surface area contributed by atoms with E-state index in [-0.39, 0.29) is 5.56 Å². The van der Waals surface area contributed by atoms with Gasteiger partial charge in [0.25, 0.3) is 5.56 Å². The van der Waals surface area contributed by atoms with Crippen molar-refractivity contribution in [3.8, 4) is 11.4 Å². The van der Waals surface area contributed by atoms with Gasteiger partial charge in [-0.15, -0.1) is 0 Å². The number of nitrogens with zero attached hydrogens (tertiary/aromatic N) is 2. The van der Waals surface area contributed by atoms with Crippen LogP contribution in [0.5, 0.6) is 0 Å². The van der Waals surface area contributed by atoms with Gasteiger partial charge < -0.3 is 5.73 Å². The molecule has 0 atom stereocenters. The molecule has 3 aromatic rings. The molecule has 0 aliphatic heterocycles. The van der Waals surface area contributed by atoms with Crippen molar-refractivity contribution < 1.29 is 0 Å². The van der Waals surface area contributed by atoms with Crippen molar-refractivity contribution in [3.05, 3.63) is 63.9 Å². The zero-order valence-corrected chi connectivity index (χ0v) is 12.0. The van der Waals surface area contributed by atoms with Crippen LogP contribution in [0.3, 0.4) is 0 Å². The maximum Gasteiger partial charge on any atom is 0.261 e. The first kappa shape index (κ1) is 13.8. The summed E-state index contributed by atoms with van der Waals surface area (Å²) in [5.41, 5.74) is 7.02. The van der Waals surface area contributed by atoms with Crippen molar-refractivity contribution >= 4 is 22.5 Å². The molecular formula is C16H14ClN3O. The van der Waals surface area contributed by atoms with Gasteiger partial charge >= 0.3 is 0 Å². The number of benzene rings is 2. The minimum Gasteiger partial charge on any atom is -0.329 e. The molecule has 21 heavy (non-hydrogen) atoms. The number of aromatic nitrogens is 2. The van der Waals surface area contributed by atoms with Crippen LogP contribution in [0.2, 0.25) is 5.02 Å². The van der Waals surface area contributed by atoms with E-state index in [0.717, 1.165) is 5.56 Å². The van der Waals surface area contributed by atoms with Crippen molar-refractivity contribution in [1.29, 1.82) is 0 Å². The molecule has 1 aromatic heterocycles. The van der Waals surface area contributed by atoms with Gasteiger partial charge in [-0.1, -0.05) is 41.9 Å². The highest BCUT2D eigenvalue weighted by atomic mass is 35.5. The molecule has 0 aliphatic carbocycles. The molecule has 1 heterocycles. The van der Waals surface area contributed by atoms with Crippen LogP contribution in [0.25, 0.3) is 22.3 Å². The fourth-order valence-electron chi connectivity index (χ4n) is 2.34. The first-order valence-electron chi connectivity index (χ1n) is 6.66. The highest BCUT2D eigenvalue weighted by Crippen LogP contribution is 2.20. The lowest BCUT2D eigenvalue weighted by molar-refractivity contribution is 0.682. The summed E-state index contributed by atoms with van der Waals surface area (Å²) in [6, 6.07) is 14.7. The number of fused-ring (bicyclic) bond motifs is 1. The number of rotatable bonds is 3. The molecule has 3 rings (SSSR count). The van der Waals surface area contributed by atoms with Crippen molar-refractivity contribution in [2.45, 2.75) is 6.54 Å². The molecule has 106 valence electrons. The molecule has 0 unspecified atom stereocenters. The molecule has 0 bridgehead atoms. The van der Waals surface area contributed by atoms with E-state index in [1.165, 1.54) is 0 Å². The van der Waals surface area contributed by atoms with Gasteiger partial charge in [0.1, 0.15) is 5.82 Å². The van der Waals surface area contributed by atoms with E-state index in [1.54, 1.807) is 22.8 Å². The largest absolute Gasteiger partial charge is 0.329 e. The summed E-state index contributed by atoms with van der Waals surface area (Å²) in [5, 5.41) is 1.11. The molecule has 2 aromatic carbocycles. The summed E-state index contributed by atoms with van der Waals surface area (Å²) in [7, 11) is 0. The summed E-state index contributed by atoms with van der Waals surface area (Å²) >= 11 is 6.00. The maximum absolute atomic E-state index is 12.6. The smallest absolute Gasteiger partial charge is 0.261 e. The standard InChI is InChI=1S/C16H14ClN3O/c17-12-6-7-13-14(10-12)19-15(11-4-2-1-3-5-11)20(9-8-18)16(13)21/h1-7,10H,8-9,18H2. The summed E-state index contributed by atoms with van der Waals surface area (Å²) in [4.78, 5) is 17.3. The Morgan fingerprint density at radius 2 is 1.90 bits per heavy atom. The van der Waals surface area contributed by atoms with Crippen LogP contribution in [-0.2, 0) is 6.54 Å². The highest BCUT2D eigenvalue weighted by Gasteiger charge is 2.12. The Labute approximate surface area is 126 Å². The first-order valence-corrected chi connectivity index (χ1v) is 7.04. The van der Waals surface area contributed by atoms with E-state index in [9.17, 15) is 4.79 Å². The molecule has 0 saturated heterocycles. The average Bonchev–Trinajstić information content (AvgIpc) is 2.50. The second kappa shape index (κ2) is 5.68. The first-order chi connectivity index (χ1) is 10.2. The quantitative estimate of drug-likeness (QED) is 0.809. The molecule has 0 radical (unpaired) electrons. The zero-order chi connectivity index (χ0) is 14.8. The van der Waals surface area contributed by atoms with E-state index in [1.807, 2.05) is 30.3 Å². The number of halogens is 1. The van der Waals surface area contributed by atoms with Crippen molar-refractivity contribution in [2.24, 2.45) is 5.73 Å². The number of hydrogen-bond donors (Lipinski definition) is 1. The Hall–Kier alpha value is -2.17. The van der Waals surface area contributed by atoms with Gasteiger partial charge in [-0.3, -0.25) is 9.36 Å². The molecular weight excluding hydrogens is 286 g/mol. The van der Waals surface area contributed by atoms with Crippen LogP contribution in [0, 0.1) is 0 Å². The van der Waals surface area contributed by atoms with Crippen LogP contribution in [0.1, 0.15) is 0 Å².